The largest absolute Gasteiger partial charge is 0.463 e. The summed E-state index contributed by atoms with van der Waals surface area (Å²) in [5, 5.41) is 0. The predicted octanol–water partition coefficient (Wildman–Crippen LogP) is 1.59. The fraction of sp³-hybridized carbons (Fsp3) is 0.833. The van der Waals surface area contributed by atoms with Gasteiger partial charge in [-0.15, -0.1) is 0 Å². The van der Waals surface area contributed by atoms with E-state index in [1.807, 2.05) is 13.8 Å². The lowest BCUT2D eigenvalue weighted by atomic mass is 10.1. The van der Waals surface area contributed by atoms with Crippen molar-refractivity contribution in [1.29, 1.82) is 0 Å². The number of hydrogen-bond acceptors (Lipinski definition) is 3. The molecule has 1 amide bonds. The second-order valence-corrected chi connectivity index (χ2v) is 4.58. The fourth-order valence-corrected chi connectivity index (χ4v) is 1.82. The molecule has 0 aromatic rings. The number of esters is 1. The van der Waals surface area contributed by atoms with Crippen LogP contribution in [0.4, 0.5) is 0 Å². The Morgan fingerprint density at radius 3 is 2.81 bits per heavy atom. The lowest BCUT2D eigenvalue weighted by molar-refractivity contribution is -0.152. The number of unbranched alkanes of at least 4 members (excludes halogenated alkanes) is 1. The van der Waals surface area contributed by atoms with Gasteiger partial charge < -0.3 is 9.64 Å². The van der Waals surface area contributed by atoms with Crippen LogP contribution in [0.3, 0.4) is 0 Å². The molecule has 1 unspecified atom stereocenters. The zero-order valence-electron chi connectivity index (χ0n) is 10.4. The highest BCUT2D eigenvalue weighted by atomic mass is 16.5. The third-order valence-electron chi connectivity index (χ3n) is 2.68. The summed E-state index contributed by atoms with van der Waals surface area (Å²) in [7, 11) is 0. The molecule has 1 fully saturated rings. The summed E-state index contributed by atoms with van der Waals surface area (Å²) in [6.07, 6.45) is 2.27. The summed E-state index contributed by atoms with van der Waals surface area (Å²) in [5.74, 6) is -0.409. The summed E-state index contributed by atoms with van der Waals surface area (Å²) in [4.78, 5) is 25.0. The van der Waals surface area contributed by atoms with Gasteiger partial charge in [-0.1, -0.05) is 13.3 Å². The Kier molecular flexibility index (Phi) is 4.77. The van der Waals surface area contributed by atoms with Crippen LogP contribution in [0.15, 0.2) is 0 Å². The van der Waals surface area contributed by atoms with Crippen molar-refractivity contribution in [2.24, 2.45) is 5.92 Å². The lowest BCUT2D eigenvalue weighted by Gasteiger charge is -2.16. The van der Waals surface area contributed by atoms with Gasteiger partial charge in [-0.3, -0.25) is 9.59 Å². The van der Waals surface area contributed by atoms with Gasteiger partial charge in [-0.2, -0.15) is 0 Å². The number of hydrogen-bond donors (Lipinski definition) is 0. The molecule has 0 aromatic heterocycles. The Bertz CT molecular complexity index is 263. The van der Waals surface area contributed by atoms with Crippen LogP contribution in [0.5, 0.6) is 0 Å². The summed E-state index contributed by atoms with van der Waals surface area (Å²) >= 11 is 0. The maximum absolute atomic E-state index is 11.6. The second-order valence-electron chi connectivity index (χ2n) is 4.58. The first-order chi connectivity index (χ1) is 7.54. The smallest absolute Gasteiger partial charge is 0.311 e. The van der Waals surface area contributed by atoms with Crippen molar-refractivity contribution < 1.29 is 14.3 Å². The fourth-order valence-electron chi connectivity index (χ4n) is 1.82. The molecule has 16 heavy (non-hydrogen) atoms. The van der Waals surface area contributed by atoms with E-state index in [1.54, 1.807) is 4.90 Å². The van der Waals surface area contributed by atoms with Gasteiger partial charge in [-0.05, 0) is 20.3 Å². The van der Waals surface area contributed by atoms with Gasteiger partial charge in [0.15, 0.2) is 0 Å². The van der Waals surface area contributed by atoms with Crippen LogP contribution in [0.25, 0.3) is 0 Å². The van der Waals surface area contributed by atoms with Crippen LogP contribution in [-0.2, 0) is 14.3 Å². The monoisotopic (exact) mass is 227 g/mol. The van der Waals surface area contributed by atoms with Gasteiger partial charge >= 0.3 is 5.97 Å². The summed E-state index contributed by atoms with van der Waals surface area (Å²) in [6.45, 7) is 7.03. The molecule has 92 valence electrons. The maximum Gasteiger partial charge on any atom is 0.311 e. The molecule has 1 saturated heterocycles. The average molecular weight is 227 g/mol. The number of carbonyl (C=O) groups is 2. The minimum atomic E-state index is -0.258. The molecule has 0 saturated carbocycles. The van der Waals surface area contributed by atoms with E-state index in [1.165, 1.54) is 0 Å². The molecule has 0 N–H and O–H groups in total. The van der Waals surface area contributed by atoms with E-state index in [0.29, 0.717) is 13.0 Å². The summed E-state index contributed by atoms with van der Waals surface area (Å²) < 4.78 is 5.12. The van der Waals surface area contributed by atoms with Crippen LogP contribution < -0.4 is 0 Å². The van der Waals surface area contributed by atoms with Crippen LogP contribution in [0, 0.1) is 5.92 Å². The molecule has 0 spiro atoms. The first-order valence-corrected chi connectivity index (χ1v) is 6.02. The molecule has 4 heteroatoms. The van der Waals surface area contributed by atoms with Gasteiger partial charge in [0.1, 0.15) is 0 Å². The molecule has 0 aliphatic carbocycles. The summed E-state index contributed by atoms with van der Waals surface area (Å²) in [6, 6.07) is 0. The molecular formula is C12H21NO3. The molecule has 1 atom stereocenters. The summed E-state index contributed by atoms with van der Waals surface area (Å²) in [5.41, 5.74) is 0. The molecule has 0 aromatic carbocycles. The van der Waals surface area contributed by atoms with Crippen molar-refractivity contribution in [1.82, 2.24) is 4.90 Å². The highest BCUT2D eigenvalue weighted by Crippen LogP contribution is 2.20. The van der Waals surface area contributed by atoms with Gasteiger partial charge in [0.05, 0.1) is 12.0 Å². The van der Waals surface area contributed by atoms with E-state index in [9.17, 15) is 9.59 Å². The van der Waals surface area contributed by atoms with Gasteiger partial charge in [0, 0.05) is 19.5 Å². The zero-order valence-corrected chi connectivity index (χ0v) is 10.4. The standard InChI is InChI=1S/C12H21NO3/c1-4-5-6-13-8-10(7-11(13)14)12(15)16-9(2)3/h9-10H,4-8H2,1-3H3. The molecule has 0 radical (unpaired) electrons. The van der Waals surface area contributed by atoms with Crippen molar-refractivity contribution >= 4 is 11.9 Å². The van der Waals surface area contributed by atoms with E-state index < -0.39 is 0 Å². The van der Waals surface area contributed by atoms with Crippen LogP contribution in [-0.4, -0.2) is 36.0 Å². The number of amides is 1. The topological polar surface area (TPSA) is 46.6 Å². The van der Waals surface area contributed by atoms with Crippen LogP contribution in [0.1, 0.15) is 40.0 Å². The number of likely N-dealkylation sites (tertiary alicyclic amines) is 1. The molecule has 1 aliphatic rings. The highest BCUT2D eigenvalue weighted by molar-refractivity contribution is 5.86. The Morgan fingerprint density at radius 2 is 2.25 bits per heavy atom. The second kappa shape index (κ2) is 5.87. The normalized spacial score (nSPS) is 20.6. The SMILES string of the molecule is CCCCN1CC(C(=O)OC(C)C)CC1=O. The minimum Gasteiger partial charge on any atom is -0.463 e. The van der Waals surface area contributed by atoms with E-state index in [2.05, 4.69) is 6.92 Å². The maximum atomic E-state index is 11.6. The van der Waals surface area contributed by atoms with Crippen molar-refractivity contribution in [2.75, 3.05) is 13.1 Å². The van der Waals surface area contributed by atoms with Crippen molar-refractivity contribution in [3.05, 3.63) is 0 Å². The quantitative estimate of drug-likeness (QED) is 0.670. The number of ether oxygens (including phenoxy) is 1. The Balaban J connectivity index is 2.43. The van der Waals surface area contributed by atoms with Crippen molar-refractivity contribution in [3.63, 3.8) is 0 Å². The minimum absolute atomic E-state index is 0.0826. The van der Waals surface area contributed by atoms with E-state index >= 15 is 0 Å². The van der Waals surface area contributed by atoms with E-state index in [-0.39, 0.29) is 23.9 Å². The molecular weight excluding hydrogens is 206 g/mol. The average Bonchev–Trinajstić information content (AvgIpc) is 2.56. The van der Waals surface area contributed by atoms with Gasteiger partial charge in [0.2, 0.25) is 5.91 Å². The van der Waals surface area contributed by atoms with E-state index in [4.69, 9.17) is 4.74 Å². The predicted molar refractivity (Wildman–Crippen MR) is 60.8 cm³/mol. The van der Waals surface area contributed by atoms with Crippen LogP contribution in [0.2, 0.25) is 0 Å². The molecule has 4 nitrogen and oxygen atoms in total. The highest BCUT2D eigenvalue weighted by Gasteiger charge is 2.35. The number of rotatable bonds is 5. The Morgan fingerprint density at radius 1 is 1.56 bits per heavy atom. The molecule has 0 bridgehead atoms. The first-order valence-electron chi connectivity index (χ1n) is 6.02. The molecule has 1 rings (SSSR count). The van der Waals surface area contributed by atoms with Crippen molar-refractivity contribution in [2.45, 2.75) is 46.1 Å². The third kappa shape index (κ3) is 3.51. The Labute approximate surface area is 96.9 Å². The third-order valence-corrected chi connectivity index (χ3v) is 2.68. The molecule has 1 aliphatic heterocycles. The van der Waals surface area contributed by atoms with E-state index in [0.717, 1.165) is 19.4 Å². The van der Waals surface area contributed by atoms with Crippen molar-refractivity contribution in [3.8, 4) is 0 Å². The lowest BCUT2D eigenvalue weighted by Crippen LogP contribution is -2.28. The van der Waals surface area contributed by atoms with Gasteiger partial charge in [-0.25, -0.2) is 0 Å². The zero-order chi connectivity index (χ0) is 12.1. The Hall–Kier alpha value is -1.06. The van der Waals surface area contributed by atoms with Crippen LogP contribution >= 0.6 is 0 Å². The first kappa shape index (κ1) is 13.0. The molecule has 1 heterocycles. The number of carbonyl (C=O) groups excluding carboxylic acids is 2. The van der Waals surface area contributed by atoms with Gasteiger partial charge in [0.25, 0.3) is 0 Å². The number of nitrogens with zero attached hydrogens (tertiary/aromatic N) is 1.